The number of carbonyl (C=O) groups is 2. The van der Waals surface area contributed by atoms with Gasteiger partial charge in [0, 0.05) is 0 Å². The van der Waals surface area contributed by atoms with E-state index in [9.17, 15) is 18.0 Å². The van der Waals surface area contributed by atoms with Gasteiger partial charge < -0.3 is 10.5 Å². The maximum Gasteiger partial charge on any atom is 0.264 e. The predicted octanol–water partition coefficient (Wildman–Crippen LogP) is 3.02. The summed E-state index contributed by atoms with van der Waals surface area (Å²) < 4.78 is 33.0. The number of carbonyl (C=O) groups excluding carboxylic acids is 2. The molecule has 0 saturated carbocycles. The number of sulfonamides is 1. The Kier molecular flexibility index (Phi) is 8.80. The van der Waals surface area contributed by atoms with E-state index in [1.807, 2.05) is 26.0 Å². The average molecular weight is 509 g/mol. The zero-order valence-corrected chi connectivity index (χ0v) is 20.8. The zero-order valence-electron chi connectivity index (χ0n) is 20.0. The van der Waals surface area contributed by atoms with Crippen molar-refractivity contribution in [3.8, 4) is 5.75 Å². The fourth-order valence-corrected chi connectivity index (χ4v) is 4.65. The lowest BCUT2D eigenvalue weighted by Crippen LogP contribution is -2.39. The minimum absolute atomic E-state index is 0.0767. The number of rotatable bonds is 11. The first-order chi connectivity index (χ1) is 17.2. The van der Waals surface area contributed by atoms with Crippen LogP contribution in [-0.2, 0) is 19.6 Å². The van der Waals surface area contributed by atoms with Gasteiger partial charge in [0.2, 0.25) is 0 Å². The first-order valence-corrected chi connectivity index (χ1v) is 12.6. The van der Waals surface area contributed by atoms with Gasteiger partial charge in [0.25, 0.3) is 21.8 Å². The third kappa shape index (κ3) is 7.16. The molecule has 0 radical (unpaired) electrons. The van der Waals surface area contributed by atoms with Crippen molar-refractivity contribution in [1.29, 1.82) is 0 Å². The number of amides is 2. The number of primary amides is 1. The highest BCUT2D eigenvalue weighted by atomic mass is 32.2. The molecular weight excluding hydrogens is 480 g/mol. The maximum atomic E-state index is 13.4. The van der Waals surface area contributed by atoms with Crippen molar-refractivity contribution in [1.82, 2.24) is 5.43 Å². The van der Waals surface area contributed by atoms with Gasteiger partial charge in [-0.3, -0.25) is 13.9 Å². The molecule has 0 unspecified atom stereocenters. The van der Waals surface area contributed by atoms with Gasteiger partial charge in [0.05, 0.1) is 16.8 Å². The molecule has 188 valence electrons. The SMILES string of the molecule is CC(C)c1ccc(N(CC(=O)N/N=C\c2ccc(OCC(N)=O)cc2)S(=O)(=O)c2ccccc2)cc1. The van der Waals surface area contributed by atoms with E-state index in [4.69, 9.17) is 10.5 Å². The second-order valence-electron chi connectivity index (χ2n) is 8.19. The van der Waals surface area contributed by atoms with E-state index < -0.39 is 28.4 Å². The molecule has 0 atom stereocenters. The highest BCUT2D eigenvalue weighted by Crippen LogP contribution is 2.25. The predicted molar refractivity (Wildman–Crippen MR) is 138 cm³/mol. The summed E-state index contributed by atoms with van der Waals surface area (Å²) in [5, 5.41) is 3.92. The summed E-state index contributed by atoms with van der Waals surface area (Å²) in [5.74, 6) is -0.456. The monoisotopic (exact) mass is 508 g/mol. The normalized spacial score (nSPS) is 11.4. The number of nitrogens with two attached hydrogens (primary N) is 1. The second kappa shape index (κ2) is 12.0. The molecule has 0 fully saturated rings. The fourth-order valence-electron chi connectivity index (χ4n) is 3.21. The second-order valence-corrected chi connectivity index (χ2v) is 10.1. The molecule has 0 spiro atoms. The minimum atomic E-state index is -4.00. The number of ether oxygens (including phenoxy) is 1. The number of nitrogens with one attached hydrogen (secondary N) is 1. The average Bonchev–Trinajstić information content (AvgIpc) is 2.87. The summed E-state index contributed by atoms with van der Waals surface area (Å²) in [6.07, 6.45) is 1.41. The first-order valence-electron chi connectivity index (χ1n) is 11.2. The molecule has 0 bridgehead atoms. The number of hydrazone groups is 1. The van der Waals surface area contributed by atoms with Crippen molar-refractivity contribution >= 4 is 33.7 Å². The smallest absolute Gasteiger partial charge is 0.264 e. The van der Waals surface area contributed by atoms with Crippen LogP contribution in [0.25, 0.3) is 0 Å². The van der Waals surface area contributed by atoms with Crippen LogP contribution in [0.2, 0.25) is 0 Å². The van der Waals surface area contributed by atoms with E-state index in [1.165, 1.54) is 18.3 Å². The third-order valence-corrected chi connectivity index (χ3v) is 6.92. The number of hydrogen-bond donors (Lipinski definition) is 2. The van der Waals surface area contributed by atoms with Crippen LogP contribution in [0.3, 0.4) is 0 Å². The van der Waals surface area contributed by atoms with Crippen molar-refractivity contribution in [2.24, 2.45) is 10.8 Å². The van der Waals surface area contributed by atoms with Crippen LogP contribution in [0, 0.1) is 0 Å². The Labute approximate surface area is 210 Å². The molecule has 0 aliphatic carbocycles. The molecule has 0 saturated heterocycles. The van der Waals surface area contributed by atoms with Crippen LogP contribution < -0.4 is 20.2 Å². The molecule has 3 aromatic rings. The lowest BCUT2D eigenvalue weighted by atomic mass is 10.0. The summed E-state index contributed by atoms with van der Waals surface area (Å²) in [5.41, 5.74) is 9.49. The first kappa shape index (κ1) is 26.4. The molecule has 3 N–H and O–H groups in total. The van der Waals surface area contributed by atoms with E-state index in [0.29, 0.717) is 17.0 Å². The van der Waals surface area contributed by atoms with Crippen LogP contribution in [0.1, 0.15) is 30.9 Å². The topological polar surface area (TPSA) is 131 Å². The van der Waals surface area contributed by atoms with E-state index in [1.54, 1.807) is 54.6 Å². The molecule has 0 aliphatic rings. The van der Waals surface area contributed by atoms with Gasteiger partial charge in [0.15, 0.2) is 6.61 Å². The Morgan fingerprint density at radius 3 is 2.22 bits per heavy atom. The van der Waals surface area contributed by atoms with E-state index in [0.717, 1.165) is 9.87 Å². The molecule has 3 rings (SSSR count). The quantitative estimate of drug-likeness (QED) is 0.304. The Balaban J connectivity index is 1.74. The molecule has 3 aromatic carbocycles. The van der Waals surface area contributed by atoms with E-state index in [-0.39, 0.29) is 17.4 Å². The van der Waals surface area contributed by atoms with Crippen LogP contribution in [0.5, 0.6) is 5.75 Å². The number of benzene rings is 3. The van der Waals surface area contributed by atoms with E-state index in [2.05, 4.69) is 10.5 Å². The van der Waals surface area contributed by atoms with E-state index >= 15 is 0 Å². The summed E-state index contributed by atoms with van der Waals surface area (Å²) in [6.45, 7) is 3.39. The van der Waals surface area contributed by atoms with Crippen LogP contribution >= 0.6 is 0 Å². The van der Waals surface area contributed by atoms with Gasteiger partial charge in [-0.2, -0.15) is 5.10 Å². The lowest BCUT2D eigenvalue weighted by Gasteiger charge is -2.24. The summed E-state index contributed by atoms with van der Waals surface area (Å²) >= 11 is 0. The van der Waals surface area contributed by atoms with Crippen molar-refractivity contribution in [2.45, 2.75) is 24.7 Å². The molecular formula is C26H28N4O5S. The fraction of sp³-hybridized carbons (Fsp3) is 0.192. The molecule has 2 amide bonds. The van der Waals surface area contributed by atoms with Gasteiger partial charge in [0.1, 0.15) is 12.3 Å². The van der Waals surface area contributed by atoms with Crippen LogP contribution in [0.4, 0.5) is 5.69 Å². The van der Waals surface area contributed by atoms with Gasteiger partial charge >= 0.3 is 0 Å². The molecule has 10 heteroatoms. The molecule has 9 nitrogen and oxygen atoms in total. The summed E-state index contributed by atoms with van der Waals surface area (Å²) in [6, 6.07) is 21.6. The number of hydrogen-bond acceptors (Lipinski definition) is 6. The highest BCUT2D eigenvalue weighted by Gasteiger charge is 2.27. The Hall–Kier alpha value is -4.18. The van der Waals surface area contributed by atoms with Crippen molar-refractivity contribution in [3.63, 3.8) is 0 Å². The molecule has 0 heterocycles. The molecule has 0 aliphatic heterocycles. The van der Waals surface area contributed by atoms with Crippen molar-refractivity contribution in [3.05, 3.63) is 90.0 Å². The number of anilines is 1. The van der Waals surface area contributed by atoms with Crippen molar-refractivity contribution < 1.29 is 22.7 Å². The van der Waals surface area contributed by atoms with Crippen LogP contribution in [-0.4, -0.2) is 39.6 Å². The minimum Gasteiger partial charge on any atom is -0.484 e. The molecule has 36 heavy (non-hydrogen) atoms. The largest absolute Gasteiger partial charge is 0.484 e. The summed E-state index contributed by atoms with van der Waals surface area (Å²) in [4.78, 5) is 23.5. The lowest BCUT2D eigenvalue weighted by molar-refractivity contribution is -0.120. The van der Waals surface area contributed by atoms with Crippen molar-refractivity contribution in [2.75, 3.05) is 17.5 Å². The maximum absolute atomic E-state index is 13.4. The van der Waals surface area contributed by atoms with Gasteiger partial charge in [-0.1, -0.05) is 44.2 Å². The highest BCUT2D eigenvalue weighted by molar-refractivity contribution is 7.92. The van der Waals surface area contributed by atoms with Gasteiger partial charge in [-0.05, 0) is 65.6 Å². The summed E-state index contributed by atoms with van der Waals surface area (Å²) in [7, 11) is -4.00. The Morgan fingerprint density at radius 1 is 1.00 bits per heavy atom. The third-order valence-electron chi connectivity index (χ3n) is 5.13. The zero-order chi connectivity index (χ0) is 26.1. The number of nitrogens with zero attached hydrogens (tertiary/aromatic N) is 2. The molecule has 0 aromatic heterocycles. The van der Waals surface area contributed by atoms with Gasteiger partial charge in [-0.25, -0.2) is 13.8 Å². The Morgan fingerprint density at radius 2 is 1.64 bits per heavy atom. The standard InChI is InChI=1S/C26H28N4O5S/c1-19(2)21-10-12-22(13-11-21)30(36(33,34)24-6-4-3-5-7-24)17-26(32)29-28-16-20-8-14-23(15-9-20)35-18-25(27)31/h3-16,19H,17-18H2,1-2H3,(H2,27,31)(H,29,32)/b28-16-. The van der Waals surface area contributed by atoms with Crippen LogP contribution in [0.15, 0.2) is 88.9 Å². The Bertz CT molecular complexity index is 1310. The van der Waals surface area contributed by atoms with Gasteiger partial charge in [-0.15, -0.1) is 0 Å².